The Labute approximate surface area is 102 Å². The summed E-state index contributed by atoms with van der Waals surface area (Å²) in [5.41, 5.74) is 10.6. The first-order valence-corrected chi connectivity index (χ1v) is 5.22. The smallest absolute Gasteiger partial charge is 0.271 e. The van der Waals surface area contributed by atoms with Crippen LogP contribution in [0.4, 0.5) is 5.82 Å². The number of imidazole rings is 1. The summed E-state index contributed by atoms with van der Waals surface area (Å²) >= 11 is 0. The summed E-state index contributed by atoms with van der Waals surface area (Å²) in [4.78, 5) is 14.7. The summed E-state index contributed by atoms with van der Waals surface area (Å²) in [5.74, 6) is -0.879. The fraction of sp³-hybridized carbons (Fsp3) is 0.556. The van der Waals surface area contributed by atoms with Gasteiger partial charge in [0.15, 0.2) is 11.9 Å². The number of aliphatic hydroxyl groups is 3. The molecule has 0 saturated carbocycles. The number of ether oxygens (including phenoxy) is 1. The zero-order valence-electron chi connectivity index (χ0n) is 9.30. The Morgan fingerprint density at radius 1 is 1.50 bits per heavy atom. The molecule has 100 valence electrons. The van der Waals surface area contributed by atoms with Crippen LogP contribution >= 0.6 is 0 Å². The molecule has 1 amide bonds. The van der Waals surface area contributed by atoms with E-state index in [2.05, 4.69) is 4.98 Å². The second-order valence-electron chi connectivity index (χ2n) is 3.98. The molecule has 9 nitrogen and oxygen atoms in total. The van der Waals surface area contributed by atoms with Crippen molar-refractivity contribution in [1.82, 2.24) is 9.55 Å². The van der Waals surface area contributed by atoms with Crippen LogP contribution in [-0.2, 0) is 4.74 Å². The van der Waals surface area contributed by atoms with Gasteiger partial charge in [0.2, 0.25) is 0 Å². The van der Waals surface area contributed by atoms with Gasteiger partial charge in [0, 0.05) is 0 Å². The van der Waals surface area contributed by atoms with Crippen LogP contribution in [0, 0.1) is 0 Å². The lowest BCUT2D eigenvalue weighted by atomic mass is 10.1. The van der Waals surface area contributed by atoms with Gasteiger partial charge in [-0.05, 0) is 0 Å². The maximum atomic E-state index is 11.0. The fourth-order valence-corrected chi connectivity index (χ4v) is 1.87. The van der Waals surface area contributed by atoms with E-state index in [4.69, 9.17) is 21.3 Å². The minimum Gasteiger partial charge on any atom is -0.394 e. The number of carbonyl (C=O) groups excluding carboxylic acids is 1. The maximum absolute atomic E-state index is 11.0. The van der Waals surface area contributed by atoms with Crippen molar-refractivity contribution in [3.63, 3.8) is 0 Å². The summed E-state index contributed by atoms with van der Waals surface area (Å²) in [7, 11) is 0. The van der Waals surface area contributed by atoms with Crippen molar-refractivity contribution < 1.29 is 24.9 Å². The zero-order chi connectivity index (χ0) is 13.4. The second-order valence-corrected chi connectivity index (χ2v) is 3.98. The highest BCUT2D eigenvalue weighted by atomic mass is 16.6. The molecule has 0 aliphatic carbocycles. The number of nitrogen functional groups attached to an aromatic ring is 1. The number of anilines is 1. The van der Waals surface area contributed by atoms with Gasteiger partial charge in [0.25, 0.3) is 5.91 Å². The van der Waals surface area contributed by atoms with E-state index in [0.29, 0.717) is 0 Å². The Hall–Kier alpha value is -1.68. The minimum atomic E-state index is -1.29. The van der Waals surface area contributed by atoms with E-state index in [1.807, 2.05) is 0 Å². The van der Waals surface area contributed by atoms with E-state index in [1.54, 1.807) is 0 Å². The van der Waals surface area contributed by atoms with Crippen LogP contribution < -0.4 is 11.5 Å². The third-order valence-corrected chi connectivity index (χ3v) is 2.86. The first-order chi connectivity index (χ1) is 8.47. The predicted octanol–water partition coefficient (Wildman–Crippen LogP) is -2.82. The molecule has 1 aromatic rings. The van der Waals surface area contributed by atoms with Gasteiger partial charge in [-0.1, -0.05) is 0 Å². The molecule has 1 aliphatic heterocycles. The fourth-order valence-electron chi connectivity index (χ4n) is 1.87. The number of primary amides is 1. The van der Waals surface area contributed by atoms with Gasteiger partial charge < -0.3 is 31.5 Å². The minimum absolute atomic E-state index is 0.0719. The standard InChI is InChI=1S/C9H14N4O5/c10-7-4(8(11)17)12-2-13(7)9-6(16)5(15)3(1-14)18-9/h2-3,5-6,9,14-16H,1,10H2,(H2,11,17)/t3-,5+,6-,9+/m1/s1. The first-order valence-electron chi connectivity index (χ1n) is 5.22. The molecule has 0 bridgehead atoms. The van der Waals surface area contributed by atoms with E-state index in [1.165, 1.54) is 10.9 Å². The SMILES string of the molecule is NC(=O)c1ncn([C@H]2O[C@H](CO)[C@H](O)[C@H]2O)c1N. The van der Waals surface area contributed by atoms with Crippen LogP contribution in [0.2, 0.25) is 0 Å². The van der Waals surface area contributed by atoms with Gasteiger partial charge in [0.1, 0.15) is 24.1 Å². The lowest BCUT2D eigenvalue weighted by Crippen LogP contribution is -2.33. The molecule has 0 unspecified atom stereocenters. The molecule has 18 heavy (non-hydrogen) atoms. The van der Waals surface area contributed by atoms with Gasteiger partial charge in [-0.25, -0.2) is 4.98 Å². The highest BCUT2D eigenvalue weighted by Crippen LogP contribution is 2.31. The number of hydrogen-bond donors (Lipinski definition) is 5. The van der Waals surface area contributed by atoms with E-state index in [9.17, 15) is 15.0 Å². The Morgan fingerprint density at radius 2 is 2.17 bits per heavy atom. The molecular formula is C9H14N4O5. The number of amides is 1. The monoisotopic (exact) mass is 258 g/mol. The van der Waals surface area contributed by atoms with Crippen molar-refractivity contribution in [2.75, 3.05) is 12.3 Å². The lowest BCUT2D eigenvalue weighted by Gasteiger charge is -2.17. The molecule has 0 aromatic carbocycles. The summed E-state index contributed by atoms with van der Waals surface area (Å²) in [6.07, 6.45) is -3.32. The van der Waals surface area contributed by atoms with Crippen LogP contribution in [0.15, 0.2) is 6.33 Å². The van der Waals surface area contributed by atoms with Crippen molar-refractivity contribution in [3.8, 4) is 0 Å². The zero-order valence-corrected chi connectivity index (χ0v) is 9.30. The van der Waals surface area contributed by atoms with Crippen molar-refractivity contribution in [2.24, 2.45) is 5.73 Å². The number of hydrogen-bond acceptors (Lipinski definition) is 7. The molecule has 1 fully saturated rings. The van der Waals surface area contributed by atoms with E-state index in [-0.39, 0.29) is 11.5 Å². The molecule has 2 rings (SSSR count). The van der Waals surface area contributed by atoms with Gasteiger partial charge in [-0.3, -0.25) is 9.36 Å². The Morgan fingerprint density at radius 3 is 2.61 bits per heavy atom. The van der Waals surface area contributed by atoms with Gasteiger partial charge in [-0.15, -0.1) is 0 Å². The van der Waals surface area contributed by atoms with Crippen LogP contribution in [0.5, 0.6) is 0 Å². The van der Waals surface area contributed by atoms with Crippen LogP contribution in [0.3, 0.4) is 0 Å². The Balaban J connectivity index is 2.30. The number of nitrogens with zero attached hydrogens (tertiary/aromatic N) is 2. The van der Waals surface area contributed by atoms with Crippen molar-refractivity contribution in [3.05, 3.63) is 12.0 Å². The largest absolute Gasteiger partial charge is 0.394 e. The summed E-state index contributed by atoms with van der Waals surface area (Å²) in [6.45, 7) is -0.452. The average Bonchev–Trinajstić information content (AvgIpc) is 2.82. The summed E-state index contributed by atoms with van der Waals surface area (Å²) in [6, 6.07) is 0. The third-order valence-electron chi connectivity index (χ3n) is 2.86. The van der Waals surface area contributed by atoms with E-state index >= 15 is 0 Å². The predicted molar refractivity (Wildman–Crippen MR) is 58.2 cm³/mol. The number of carbonyl (C=O) groups is 1. The molecular weight excluding hydrogens is 244 g/mol. The van der Waals surface area contributed by atoms with Crippen molar-refractivity contribution in [1.29, 1.82) is 0 Å². The molecule has 2 heterocycles. The number of aliphatic hydroxyl groups excluding tert-OH is 3. The molecule has 4 atom stereocenters. The number of aromatic nitrogens is 2. The van der Waals surface area contributed by atoms with Crippen LogP contribution in [0.1, 0.15) is 16.7 Å². The van der Waals surface area contributed by atoms with Crippen molar-refractivity contribution >= 4 is 11.7 Å². The third kappa shape index (κ3) is 1.82. The molecule has 0 radical (unpaired) electrons. The maximum Gasteiger partial charge on any atom is 0.271 e. The Bertz CT molecular complexity index is 462. The van der Waals surface area contributed by atoms with Gasteiger partial charge in [-0.2, -0.15) is 0 Å². The van der Waals surface area contributed by atoms with Crippen LogP contribution in [-0.4, -0.2) is 55.7 Å². The van der Waals surface area contributed by atoms with Gasteiger partial charge in [0.05, 0.1) is 12.9 Å². The quantitative estimate of drug-likeness (QED) is 0.391. The normalized spacial score (nSPS) is 31.7. The summed E-state index contributed by atoms with van der Waals surface area (Å²) in [5, 5.41) is 28.3. The first kappa shape index (κ1) is 12.8. The summed E-state index contributed by atoms with van der Waals surface area (Å²) < 4.78 is 6.42. The molecule has 9 heteroatoms. The van der Waals surface area contributed by atoms with Gasteiger partial charge >= 0.3 is 0 Å². The molecule has 0 spiro atoms. The second kappa shape index (κ2) is 4.53. The van der Waals surface area contributed by atoms with E-state index < -0.39 is 37.1 Å². The Kier molecular flexibility index (Phi) is 3.22. The number of rotatable bonds is 3. The number of nitrogens with two attached hydrogens (primary N) is 2. The van der Waals surface area contributed by atoms with Crippen LogP contribution in [0.25, 0.3) is 0 Å². The topological polar surface area (TPSA) is 157 Å². The molecule has 7 N–H and O–H groups in total. The molecule has 1 aliphatic rings. The molecule has 1 aromatic heterocycles. The average molecular weight is 258 g/mol. The van der Waals surface area contributed by atoms with E-state index in [0.717, 1.165) is 0 Å². The van der Waals surface area contributed by atoms with Crippen molar-refractivity contribution in [2.45, 2.75) is 24.5 Å². The highest BCUT2D eigenvalue weighted by molar-refractivity contribution is 5.95. The lowest BCUT2D eigenvalue weighted by molar-refractivity contribution is -0.0518. The highest BCUT2D eigenvalue weighted by Gasteiger charge is 2.44. The molecule has 1 saturated heterocycles.